The van der Waals surface area contributed by atoms with Crippen molar-refractivity contribution in [3.05, 3.63) is 11.6 Å². The number of H-pyrrole nitrogens is 1. The number of hydrogen-bond donors (Lipinski definition) is 1. The number of hydrogen-bond acceptors (Lipinski definition) is 5. The third-order valence-corrected chi connectivity index (χ3v) is 2.05. The Kier molecular flexibility index (Phi) is 4.18. The topological polar surface area (TPSA) is 109 Å². The Balaban J connectivity index is 2.86. The van der Waals surface area contributed by atoms with E-state index in [4.69, 9.17) is 10.5 Å². The maximum absolute atomic E-state index is 11.8. The van der Waals surface area contributed by atoms with Crippen LogP contribution in [0.15, 0.2) is 0 Å². The third kappa shape index (κ3) is 3.02. The SMILES string of the molecule is CC(C)c1nc(C(=O)N(CC#N)CC#N)n[nH]1. The fraction of sp³-hybridized carbons (Fsp3) is 0.500. The first-order chi connectivity index (χ1) is 8.10. The average molecular weight is 232 g/mol. The molecule has 0 unspecified atom stereocenters. The minimum atomic E-state index is -0.517. The van der Waals surface area contributed by atoms with Crippen LogP contribution in [0.1, 0.15) is 36.2 Å². The molecule has 88 valence electrons. The van der Waals surface area contributed by atoms with Crippen LogP contribution in [-0.2, 0) is 0 Å². The van der Waals surface area contributed by atoms with Crippen LogP contribution in [0.2, 0.25) is 0 Å². The van der Waals surface area contributed by atoms with Gasteiger partial charge in [-0.05, 0) is 0 Å². The number of aromatic nitrogens is 3. The molecule has 7 heteroatoms. The Labute approximate surface area is 98.7 Å². The molecule has 0 aliphatic heterocycles. The smallest absolute Gasteiger partial charge is 0.295 e. The van der Waals surface area contributed by atoms with Gasteiger partial charge in [-0.1, -0.05) is 13.8 Å². The van der Waals surface area contributed by atoms with E-state index in [1.807, 2.05) is 26.0 Å². The second-order valence-electron chi connectivity index (χ2n) is 3.68. The van der Waals surface area contributed by atoms with Crippen molar-refractivity contribution < 1.29 is 4.79 Å². The van der Waals surface area contributed by atoms with E-state index >= 15 is 0 Å². The first kappa shape index (κ1) is 12.7. The van der Waals surface area contributed by atoms with Gasteiger partial charge in [-0.25, -0.2) is 4.98 Å². The quantitative estimate of drug-likeness (QED) is 0.756. The Morgan fingerprint density at radius 3 is 2.41 bits per heavy atom. The summed E-state index contributed by atoms with van der Waals surface area (Å²) in [7, 11) is 0. The predicted octanol–water partition coefficient (Wildman–Crippen LogP) is 0.417. The number of nitriles is 2. The molecular weight excluding hydrogens is 220 g/mol. The van der Waals surface area contributed by atoms with E-state index in [1.165, 1.54) is 0 Å². The lowest BCUT2D eigenvalue weighted by atomic mass is 10.2. The van der Waals surface area contributed by atoms with Gasteiger partial charge in [0.2, 0.25) is 5.82 Å². The molecule has 7 nitrogen and oxygen atoms in total. The lowest BCUT2D eigenvalue weighted by Gasteiger charge is -2.12. The van der Waals surface area contributed by atoms with Gasteiger partial charge in [-0.15, -0.1) is 5.10 Å². The van der Waals surface area contributed by atoms with Gasteiger partial charge in [-0.3, -0.25) is 9.89 Å². The molecule has 1 N–H and O–H groups in total. The average Bonchev–Trinajstić information content (AvgIpc) is 2.77. The van der Waals surface area contributed by atoms with Gasteiger partial charge in [-0.2, -0.15) is 10.5 Å². The molecule has 0 aliphatic carbocycles. The molecule has 1 heterocycles. The van der Waals surface area contributed by atoms with Crippen LogP contribution < -0.4 is 0 Å². The second kappa shape index (κ2) is 5.61. The van der Waals surface area contributed by atoms with Gasteiger partial charge in [0.15, 0.2) is 0 Å². The number of amides is 1. The molecule has 0 atom stereocenters. The zero-order chi connectivity index (χ0) is 12.8. The number of nitrogens with zero attached hydrogens (tertiary/aromatic N) is 5. The Bertz CT molecular complexity index is 462. The molecule has 1 amide bonds. The highest BCUT2D eigenvalue weighted by molar-refractivity contribution is 5.90. The van der Waals surface area contributed by atoms with Gasteiger partial charge < -0.3 is 4.90 Å². The lowest BCUT2D eigenvalue weighted by molar-refractivity contribution is 0.0783. The van der Waals surface area contributed by atoms with Crippen LogP contribution in [-0.4, -0.2) is 39.1 Å². The van der Waals surface area contributed by atoms with E-state index in [2.05, 4.69) is 15.2 Å². The van der Waals surface area contributed by atoms with Crippen LogP contribution in [0.25, 0.3) is 0 Å². The largest absolute Gasteiger partial charge is 0.309 e. The summed E-state index contributed by atoms with van der Waals surface area (Å²) in [5.41, 5.74) is 0. The molecule has 1 aromatic rings. The molecule has 0 saturated heterocycles. The number of carbonyl (C=O) groups excluding carboxylic acids is 1. The van der Waals surface area contributed by atoms with Crippen LogP contribution >= 0.6 is 0 Å². The minimum Gasteiger partial charge on any atom is -0.309 e. The number of carbonyl (C=O) groups is 1. The van der Waals surface area contributed by atoms with Gasteiger partial charge in [0.05, 0.1) is 12.1 Å². The summed E-state index contributed by atoms with van der Waals surface area (Å²) in [5, 5.41) is 23.5. The van der Waals surface area contributed by atoms with E-state index in [-0.39, 0.29) is 24.8 Å². The van der Waals surface area contributed by atoms with E-state index in [9.17, 15) is 4.79 Å². The van der Waals surface area contributed by atoms with E-state index in [1.54, 1.807) is 0 Å². The summed E-state index contributed by atoms with van der Waals surface area (Å²) >= 11 is 0. The highest BCUT2D eigenvalue weighted by Gasteiger charge is 2.20. The Hall–Kier alpha value is -2.41. The number of rotatable bonds is 4. The van der Waals surface area contributed by atoms with Crippen molar-refractivity contribution in [1.82, 2.24) is 20.1 Å². The molecule has 0 bridgehead atoms. The highest BCUT2D eigenvalue weighted by Crippen LogP contribution is 2.08. The van der Waals surface area contributed by atoms with Crippen molar-refractivity contribution in [3.63, 3.8) is 0 Å². The first-order valence-electron chi connectivity index (χ1n) is 5.05. The molecule has 0 spiro atoms. The summed E-state index contributed by atoms with van der Waals surface area (Å²) in [6, 6.07) is 3.64. The zero-order valence-electron chi connectivity index (χ0n) is 9.64. The standard InChI is InChI=1S/C10H12N6O/c1-7(2)8-13-9(15-14-8)10(17)16(5-3-11)6-4-12/h7H,5-6H2,1-2H3,(H,13,14,15). The maximum Gasteiger partial charge on any atom is 0.295 e. The maximum atomic E-state index is 11.8. The van der Waals surface area contributed by atoms with Crippen molar-refractivity contribution in [2.24, 2.45) is 0 Å². The van der Waals surface area contributed by atoms with Crippen molar-refractivity contribution >= 4 is 5.91 Å². The predicted molar refractivity (Wildman–Crippen MR) is 57.6 cm³/mol. The minimum absolute atomic E-state index is 0.0146. The molecule has 0 aromatic carbocycles. The van der Waals surface area contributed by atoms with E-state index in [0.29, 0.717) is 5.82 Å². The van der Waals surface area contributed by atoms with E-state index in [0.717, 1.165) is 4.90 Å². The van der Waals surface area contributed by atoms with Gasteiger partial charge in [0.25, 0.3) is 5.91 Å². The summed E-state index contributed by atoms with van der Waals surface area (Å²) in [4.78, 5) is 16.9. The monoisotopic (exact) mass is 232 g/mol. The normalized spacial score (nSPS) is 9.71. The van der Waals surface area contributed by atoms with Crippen molar-refractivity contribution in [1.29, 1.82) is 10.5 Å². The summed E-state index contributed by atoms with van der Waals surface area (Å²) in [6.07, 6.45) is 0. The van der Waals surface area contributed by atoms with Crippen molar-refractivity contribution in [2.45, 2.75) is 19.8 Å². The number of nitrogens with one attached hydrogen (secondary N) is 1. The summed E-state index contributed by atoms with van der Waals surface area (Å²) in [5.74, 6) is 0.196. The first-order valence-corrected chi connectivity index (χ1v) is 5.05. The summed E-state index contributed by atoms with van der Waals surface area (Å²) in [6.45, 7) is 3.52. The van der Waals surface area contributed by atoms with Crippen molar-refractivity contribution in [2.75, 3.05) is 13.1 Å². The molecule has 17 heavy (non-hydrogen) atoms. The Morgan fingerprint density at radius 2 is 2.00 bits per heavy atom. The fourth-order valence-corrected chi connectivity index (χ4v) is 1.14. The summed E-state index contributed by atoms with van der Waals surface area (Å²) < 4.78 is 0. The lowest BCUT2D eigenvalue weighted by Crippen LogP contribution is -2.32. The molecule has 1 aromatic heterocycles. The molecular formula is C10H12N6O. The van der Waals surface area contributed by atoms with Gasteiger partial charge >= 0.3 is 0 Å². The second-order valence-corrected chi connectivity index (χ2v) is 3.68. The van der Waals surface area contributed by atoms with Crippen LogP contribution in [0, 0.1) is 22.7 Å². The van der Waals surface area contributed by atoms with Gasteiger partial charge in [0.1, 0.15) is 18.9 Å². The zero-order valence-corrected chi connectivity index (χ0v) is 9.64. The highest BCUT2D eigenvalue weighted by atomic mass is 16.2. The number of aromatic amines is 1. The molecule has 0 aliphatic rings. The van der Waals surface area contributed by atoms with Crippen LogP contribution in [0.4, 0.5) is 0 Å². The van der Waals surface area contributed by atoms with Gasteiger partial charge in [0, 0.05) is 5.92 Å². The fourth-order valence-electron chi connectivity index (χ4n) is 1.14. The molecule has 0 saturated carbocycles. The molecule has 1 rings (SSSR count). The molecule has 0 fully saturated rings. The van der Waals surface area contributed by atoms with Crippen LogP contribution in [0.5, 0.6) is 0 Å². The van der Waals surface area contributed by atoms with Crippen LogP contribution in [0.3, 0.4) is 0 Å². The molecule has 0 radical (unpaired) electrons. The Morgan fingerprint density at radius 1 is 1.41 bits per heavy atom. The van der Waals surface area contributed by atoms with E-state index < -0.39 is 5.91 Å². The third-order valence-electron chi connectivity index (χ3n) is 2.05. The van der Waals surface area contributed by atoms with Crippen molar-refractivity contribution in [3.8, 4) is 12.1 Å².